The van der Waals surface area contributed by atoms with Gasteiger partial charge in [-0.05, 0) is 18.8 Å². The minimum atomic E-state index is -1.11. The van der Waals surface area contributed by atoms with Crippen molar-refractivity contribution in [1.82, 2.24) is 9.88 Å². The third-order valence-electron chi connectivity index (χ3n) is 3.11. The molecular weight excluding hydrogens is 268 g/mol. The molecule has 0 aliphatic carbocycles. The van der Waals surface area contributed by atoms with Gasteiger partial charge in [-0.2, -0.15) is 0 Å². The van der Waals surface area contributed by atoms with Gasteiger partial charge in [0.2, 0.25) is 0 Å². The summed E-state index contributed by atoms with van der Waals surface area (Å²) in [6.07, 6.45) is 1.99. The highest BCUT2D eigenvalue weighted by atomic mass is 32.1. The minimum Gasteiger partial charge on any atom is -0.476 e. The normalized spacial score (nSPS) is 19.4. The smallest absolute Gasteiger partial charge is 0.355 e. The zero-order valence-electron chi connectivity index (χ0n) is 10.7. The van der Waals surface area contributed by atoms with E-state index in [0.29, 0.717) is 25.6 Å². The molecule has 104 valence electrons. The Morgan fingerprint density at radius 2 is 2.42 bits per heavy atom. The number of carbonyl (C=O) groups excluding carboxylic acids is 1. The van der Waals surface area contributed by atoms with E-state index in [0.717, 1.165) is 24.2 Å². The van der Waals surface area contributed by atoms with Crippen LogP contribution >= 0.6 is 11.3 Å². The van der Waals surface area contributed by atoms with Crippen LogP contribution in [0, 0.1) is 5.92 Å². The molecule has 0 spiro atoms. The number of likely N-dealkylation sites (tertiary alicyclic amines) is 1. The van der Waals surface area contributed by atoms with Crippen molar-refractivity contribution in [3.63, 3.8) is 0 Å². The van der Waals surface area contributed by atoms with Gasteiger partial charge in [0.15, 0.2) is 10.7 Å². The summed E-state index contributed by atoms with van der Waals surface area (Å²) in [6, 6.07) is 0. The van der Waals surface area contributed by atoms with Crippen LogP contribution < -0.4 is 0 Å². The highest BCUT2D eigenvalue weighted by Crippen LogP contribution is 2.20. The Morgan fingerprint density at radius 1 is 1.63 bits per heavy atom. The predicted molar refractivity (Wildman–Crippen MR) is 69.6 cm³/mol. The molecule has 1 aromatic rings. The summed E-state index contributed by atoms with van der Waals surface area (Å²) in [6.45, 7) is 1.98. The number of carbonyl (C=O) groups is 2. The summed E-state index contributed by atoms with van der Waals surface area (Å²) in [7, 11) is 1.65. The third kappa shape index (κ3) is 3.30. The summed E-state index contributed by atoms with van der Waals surface area (Å²) < 4.78 is 5.12. The van der Waals surface area contributed by atoms with Crippen LogP contribution in [0.5, 0.6) is 0 Å². The highest BCUT2D eigenvalue weighted by Gasteiger charge is 2.26. The van der Waals surface area contributed by atoms with E-state index in [9.17, 15) is 9.59 Å². The van der Waals surface area contributed by atoms with E-state index in [4.69, 9.17) is 9.84 Å². The molecule has 0 radical (unpaired) electrons. The van der Waals surface area contributed by atoms with Crippen molar-refractivity contribution in [3.8, 4) is 0 Å². The lowest BCUT2D eigenvalue weighted by atomic mass is 9.99. The van der Waals surface area contributed by atoms with Gasteiger partial charge in [-0.25, -0.2) is 9.78 Å². The molecule has 1 aliphatic heterocycles. The fraction of sp³-hybridized carbons (Fsp3) is 0.583. The number of nitrogens with zero attached hydrogens (tertiary/aromatic N) is 2. The maximum Gasteiger partial charge on any atom is 0.355 e. The summed E-state index contributed by atoms with van der Waals surface area (Å²) in [5, 5.41) is 10.4. The molecule has 0 bridgehead atoms. The molecule has 0 saturated carbocycles. The number of aromatic nitrogens is 1. The van der Waals surface area contributed by atoms with Crippen LogP contribution in [0.2, 0.25) is 0 Å². The van der Waals surface area contributed by atoms with E-state index in [2.05, 4.69) is 4.98 Å². The SMILES string of the molecule is COCC1CCCN(C(=O)c2nc(C(=O)O)cs2)C1. The molecule has 1 aromatic heterocycles. The van der Waals surface area contributed by atoms with Gasteiger partial charge in [0.25, 0.3) is 5.91 Å². The molecule has 7 heteroatoms. The maximum absolute atomic E-state index is 12.2. The summed E-state index contributed by atoms with van der Waals surface area (Å²) in [4.78, 5) is 28.6. The molecule has 1 aliphatic rings. The van der Waals surface area contributed by atoms with Crippen LogP contribution in [0.3, 0.4) is 0 Å². The van der Waals surface area contributed by atoms with E-state index in [-0.39, 0.29) is 16.6 Å². The molecule has 1 atom stereocenters. The van der Waals surface area contributed by atoms with E-state index in [1.54, 1.807) is 12.0 Å². The van der Waals surface area contributed by atoms with Crippen LogP contribution in [0.25, 0.3) is 0 Å². The van der Waals surface area contributed by atoms with Gasteiger partial charge in [0, 0.05) is 25.6 Å². The van der Waals surface area contributed by atoms with Gasteiger partial charge >= 0.3 is 5.97 Å². The number of hydrogen-bond acceptors (Lipinski definition) is 5. The lowest BCUT2D eigenvalue weighted by Crippen LogP contribution is -2.41. The van der Waals surface area contributed by atoms with Gasteiger partial charge < -0.3 is 14.7 Å². The Hall–Kier alpha value is -1.47. The number of aromatic carboxylic acids is 1. The monoisotopic (exact) mass is 284 g/mol. The summed E-state index contributed by atoms with van der Waals surface area (Å²) in [5.74, 6) is -0.939. The fourth-order valence-electron chi connectivity index (χ4n) is 2.23. The largest absolute Gasteiger partial charge is 0.476 e. The van der Waals surface area contributed by atoms with Crippen molar-refractivity contribution >= 4 is 23.2 Å². The predicted octanol–water partition coefficient (Wildman–Crippen LogP) is 1.34. The van der Waals surface area contributed by atoms with Crippen molar-refractivity contribution in [2.45, 2.75) is 12.8 Å². The van der Waals surface area contributed by atoms with E-state index < -0.39 is 5.97 Å². The van der Waals surface area contributed by atoms with Crippen molar-refractivity contribution in [1.29, 1.82) is 0 Å². The Morgan fingerprint density at radius 3 is 3.05 bits per heavy atom. The van der Waals surface area contributed by atoms with Gasteiger partial charge in [-0.1, -0.05) is 0 Å². The quantitative estimate of drug-likeness (QED) is 0.902. The van der Waals surface area contributed by atoms with Gasteiger partial charge in [0.1, 0.15) is 0 Å². The molecule has 1 saturated heterocycles. The molecule has 1 fully saturated rings. The fourth-order valence-corrected chi connectivity index (χ4v) is 2.98. The lowest BCUT2D eigenvalue weighted by molar-refractivity contribution is 0.0570. The van der Waals surface area contributed by atoms with Crippen LogP contribution in [0.1, 0.15) is 33.1 Å². The molecule has 0 aromatic carbocycles. The third-order valence-corrected chi connectivity index (χ3v) is 3.95. The first kappa shape index (κ1) is 14.0. The number of piperidine rings is 1. The van der Waals surface area contributed by atoms with Crippen LogP contribution in [-0.4, -0.2) is 53.7 Å². The first-order valence-corrected chi connectivity index (χ1v) is 6.96. The van der Waals surface area contributed by atoms with Crippen molar-refractivity contribution in [3.05, 3.63) is 16.1 Å². The van der Waals surface area contributed by atoms with E-state index in [1.165, 1.54) is 5.38 Å². The van der Waals surface area contributed by atoms with E-state index in [1.807, 2.05) is 0 Å². The second-order valence-corrected chi connectivity index (χ2v) is 5.42. The maximum atomic E-state index is 12.2. The summed E-state index contributed by atoms with van der Waals surface area (Å²) in [5.41, 5.74) is -0.0706. The standard InChI is InChI=1S/C12H16N2O4S/c1-18-6-8-3-2-4-14(5-8)11(15)10-13-9(7-19-10)12(16)17/h7-8H,2-6H2,1H3,(H,16,17). The van der Waals surface area contributed by atoms with Crippen LogP contribution in [-0.2, 0) is 4.74 Å². The second-order valence-electron chi connectivity index (χ2n) is 4.56. The second kappa shape index (κ2) is 6.12. The first-order chi connectivity index (χ1) is 9.11. The molecule has 2 rings (SSSR count). The Labute approximate surface area is 115 Å². The molecule has 6 nitrogen and oxygen atoms in total. The van der Waals surface area contributed by atoms with Gasteiger partial charge in [-0.3, -0.25) is 4.79 Å². The average Bonchev–Trinajstić information content (AvgIpc) is 2.88. The number of ether oxygens (including phenoxy) is 1. The molecule has 1 N–H and O–H groups in total. The van der Waals surface area contributed by atoms with Crippen LogP contribution in [0.15, 0.2) is 5.38 Å². The Bertz CT molecular complexity index is 472. The topological polar surface area (TPSA) is 79.7 Å². The molecule has 1 unspecified atom stereocenters. The molecule has 19 heavy (non-hydrogen) atoms. The van der Waals surface area contributed by atoms with Crippen molar-refractivity contribution in [2.24, 2.45) is 5.92 Å². The number of carboxylic acids is 1. The average molecular weight is 284 g/mol. The number of hydrogen-bond donors (Lipinski definition) is 1. The molecule has 2 heterocycles. The Kier molecular flexibility index (Phi) is 4.49. The Balaban J connectivity index is 2.03. The van der Waals surface area contributed by atoms with Crippen molar-refractivity contribution in [2.75, 3.05) is 26.8 Å². The molecular formula is C12H16N2O4S. The van der Waals surface area contributed by atoms with Gasteiger partial charge in [-0.15, -0.1) is 11.3 Å². The number of amides is 1. The minimum absolute atomic E-state index is 0.0706. The highest BCUT2D eigenvalue weighted by molar-refractivity contribution is 7.11. The zero-order chi connectivity index (χ0) is 13.8. The lowest BCUT2D eigenvalue weighted by Gasteiger charge is -2.31. The molecule has 1 amide bonds. The number of carboxylic acid groups (broad SMARTS) is 1. The summed E-state index contributed by atoms with van der Waals surface area (Å²) >= 11 is 1.08. The zero-order valence-corrected chi connectivity index (χ0v) is 11.5. The number of rotatable bonds is 4. The van der Waals surface area contributed by atoms with Crippen molar-refractivity contribution < 1.29 is 19.4 Å². The van der Waals surface area contributed by atoms with Gasteiger partial charge in [0.05, 0.1) is 6.61 Å². The van der Waals surface area contributed by atoms with Crippen LogP contribution in [0.4, 0.5) is 0 Å². The number of thiazole rings is 1. The van der Waals surface area contributed by atoms with E-state index >= 15 is 0 Å². The number of methoxy groups -OCH3 is 1. The first-order valence-electron chi connectivity index (χ1n) is 6.09.